The Labute approximate surface area is 189 Å². The Balaban J connectivity index is 1.39. The number of carbonyl (C=O) groups is 3. The van der Waals surface area contributed by atoms with Crippen LogP contribution in [0.3, 0.4) is 0 Å². The van der Waals surface area contributed by atoms with E-state index in [0.717, 1.165) is 16.7 Å². The Morgan fingerprint density at radius 2 is 1.84 bits per heavy atom. The first kappa shape index (κ1) is 23.0. The second-order valence-electron chi connectivity index (χ2n) is 7.00. The molecule has 1 heterocycles. The van der Waals surface area contributed by atoms with Gasteiger partial charge in [0.15, 0.2) is 6.61 Å². The average molecular weight is 457 g/mol. The van der Waals surface area contributed by atoms with Crippen molar-refractivity contribution in [3.8, 4) is 11.4 Å². The maximum absolute atomic E-state index is 11.9. The maximum atomic E-state index is 11.9. The number of hydrogen-bond donors (Lipinski definition) is 2. The predicted octanol–water partition coefficient (Wildman–Crippen LogP) is 3.83. The Bertz CT molecular complexity index is 1130. The van der Waals surface area contributed by atoms with Gasteiger partial charge in [-0.2, -0.15) is 4.98 Å². The topological polar surface area (TPSA) is 123 Å². The van der Waals surface area contributed by atoms with E-state index in [1.54, 1.807) is 30.3 Å². The van der Waals surface area contributed by atoms with Crippen molar-refractivity contribution in [1.82, 2.24) is 15.5 Å². The molecule has 0 saturated heterocycles. The zero-order chi connectivity index (χ0) is 23.1. The van der Waals surface area contributed by atoms with Crippen LogP contribution < -0.4 is 10.6 Å². The molecule has 0 unspecified atom stereocenters. The fraction of sp³-hybridized carbons (Fsp3) is 0.227. The monoisotopic (exact) mass is 456 g/mol. The molecule has 9 nitrogen and oxygen atoms in total. The molecule has 0 radical (unpaired) electrons. The normalized spacial score (nSPS) is 10.5. The van der Waals surface area contributed by atoms with E-state index in [2.05, 4.69) is 20.8 Å². The largest absolute Gasteiger partial charge is 0.456 e. The molecule has 0 aliphatic rings. The van der Waals surface area contributed by atoms with Gasteiger partial charge in [-0.1, -0.05) is 34.5 Å². The van der Waals surface area contributed by atoms with Crippen LogP contribution in [-0.4, -0.2) is 34.7 Å². The van der Waals surface area contributed by atoms with Crippen LogP contribution in [0.2, 0.25) is 5.02 Å². The number of rotatable bonds is 7. The van der Waals surface area contributed by atoms with Crippen LogP contribution in [0.25, 0.3) is 11.4 Å². The van der Waals surface area contributed by atoms with E-state index in [1.807, 2.05) is 26.0 Å². The molecule has 10 heteroatoms. The number of esters is 1. The first-order chi connectivity index (χ1) is 15.3. The van der Waals surface area contributed by atoms with Gasteiger partial charge in [0.1, 0.15) is 0 Å². The lowest BCUT2D eigenvalue weighted by molar-refractivity contribution is -0.148. The van der Waals surface area contributed by atoms with Gasteiger partial charge in [0, 0.05) is 22.7 Å². The van der Waals surface area contributed by atoms with E-state index in [1.165, 1.54) is 0 Å². The van der Waals surface area contributed by atoms with Crippen molar-refractivity contribution in [2.24, 2.45) is 0 Å². The lowest BCUT2D eigenvalue weighted by Crippen LogP contribution is -2.37. The molecule has 0 spiro atoms. The lowest BCUT2D eigenvalue weighted by atomic mass is 10.1. The SMILES string of the molecule is Cc1ccc(NC(=O)NC(=O)COC(=O)CCc2nc(-c3ccc(Cl)cc3)no2)c(C)c1. The van der Waals surface area contributed by atoms with E-state index in [9.17, 15) is 14.4 Å². The minimum atomic E-state index is -0.747. The molecule has 32 heavy (non-hydrogen) atoms. The molecule has 0 atom stereocenters. The van der Waals surface area contributed by atoms with E-state index < -0.39 is 24.5 Å². The van der Waals surface area contributed by atoms with E-state index in [0.29, 0.717) is 16.5 Å². The third kappa shape index (κ3) is 6.64. The number of imide groups is 1. The molecule has 2 N–H and O–H groups in total. The van der Waals surface area contributed by atoms with Crippen LogP contribution in [0.15, 0.2) is 47.0 Å². The number of anilines is 1. The molecular weight excluding hydrogens is 436 g/mol. The number of carbonyl (C=O) groups excluding carboxylic acids is 3. The summed E-state index contributed by atoms with van der Waals surface area (Å²) in [5.74, 6) is -0.756. The molecule has 0 bridgehead atoms. The number of hydrogen-bond acceptors (Lipinski definition) is 7. The quantitative estimate of drug-likeness (QED) is 0.518. The van der Waals surface area contributed by atoms with Gasteiger partial charge in [-0.3, -0.25) is 14.9 Å². The Morgan fingerprint density at radius 3 is 2.56 bits per heavy atom. The second-order valence-corrected chi connectivity index (χ2v) is 7.44. The number of urea groups is 1. The summed E-state index contributed by atoms with van der Waals surface area (Å²) < 4.78 is 10.0. The van der Waals surface area contributed by atoms with Crippen molar-refractivity contribution in [3.63, 3.8) is 0 Å². The van der Waals surface area contributed by atoms with Crippen molar-refractivity contribution in [2.75, 3.05) is 11.9 Å². The highest BCUT2D eigenvalue weighted by molar-refractivity contribution is 6.30. The molecule has 2 aromatic carbocycles. The van der Waals surface area contributed by atoms with Gasteiger partial charge in [-0.25, -0.2) is 4.79 Å². The van der Waals surface area contributed by atoms with Crippen LogP contribution in [-0.2, 0) is 20.7 Å². The van der Waals surface area contributed by atoms with Crippen LogP contribution >= 0.6 is 11.6 Å². The number of amides is 3. The summed E-state index contributed by atoms with van der Waals surface area (Å²) in [6.45, 7) is 3.19. The summed E-state index contributed by atoms with van der Waals surface area (Å²) in [5, 5.41) is 9.13. The third-order valence-electron chi connectivity index (χ3n) is 4.36. The van der Waals surface area contributed by atoms with Crippen LogP contribution in [0.1, 0.15) is 23.4 Å². The van der Waals surface area contributed by atoms with Crippen molar-refractivity contribution in [2.45, 2.75) is 26.7 Å². The Kier molecular flexibility index (Phi) is 7.56. The van der Waals surface area contributed by atoms with Gasteiger partial charge in [0.25, 0.3) is 5.91 Å². The summed E-state index contributed by atoms with van der Waals surface area (Å²) in [7, 11) is 0. The van der Waals surface area contributed by atoms with Crippen LogP contribution in [0, 0.1) is 13.8 Å². The first-order valence-electron chi connectivity index (χ1n) is 9.72. The molecule has 0 aliphatic heterocycles. The van der Waals surface area contributed by atoms with Gasteiger partial charge in [-0.05, 0) is 49.7 Å². The minimum absolute atomic E-state index is 0.0652. The van der Waals surface area contributed by atoms with E-state index >= 15 is 0 Å². The van der Waals surface area contributed by atoms with Crippen molar-refractivity contribution in [3.05, 3.63) is 64.5 Å². The van der Waals surface area contributed by atoms with Crippen molar-refractivity contribution >= 4 is 35.2 Å². The Morgan fingerprint density at radius 1 is 1.09 bits per heavy atom. The Hall–Kier alpha value is -3.72. The molecule has 0 fully saturated rings. The first-order valence-corrected chi connectivity index (χ1v) is 10.1. The number of halogens is 1. The smallest absolute Gasteiger partial charge is 0.325 e. The predicted molar refractivity (Wildman–Crippen MR) is 117 cm³/mol. The molecular formula is C22H21ClN4O5. The van der Waals surface area contributed by atoms with Gasteiger partial charge in [0.05, 0.1) is 6.42 Å². The number of aromatic nitrogens is 2. The van der Waals surface area contributed by atoms with Crippen molar-refractivity contribution < 1.29 is 23.6 Å². The zero-order valence-electron chi connectivity index (χ0n) is 17.5. The average Bonchev–Trinajstić information content (AvgIpc) is 3.22. The summed E-state index contributed by atoms with van der Waals surface area (Å²) in [6.07, 6.45) is 0.0819. The minimum Gasteiger partial charge on any atom is -0.456 e. The summed E-state index contributed by atoms with van der Waals surface area (Å²) in [6, 6.07) is 11.7. The van der Waals surface area contributed by atoms with Crippen molar-refractivity contribution in [1.29, 1.82) is 0 Å². The molecule has 0 saturated carbocycles. The molecule has 3 aromatic rings. The standard InChI is InChI=1S/C22H21ClN4O5/c1-13-3-8-17(14(2)11-13)24-22(30)25-18(28)12-31-20(29)10-9-19-26-21(27-32-19)15-4-6-16(23)7-5-15/h3-8,11H,9-10,12H2,1-2H3,(H2,24,25,28,30). The van der Waals surface area contributed by atoms with Gasteiger partial charge in [0.2, 0.25) is 11.7 Å². The number of nitrogens with one attached hydrogen (secondary N) is 2. The second kappa shape index (κ2) is 10.5. The number of benzene rings is 2. The zero-order valence-corrected chi connectivity index (χ0v) is 18.2. The molecule has 3 amide bonds. The van der Waals surface area contributed by atoms with E-state index in [-0.39, 0.29) is 18.7 Å². The van der Waals surface area contributed by atoms with Crippen LogP contribution in [0.4, 0.5) is 10.5 Å². The molecule has 1 aromatic heterocycles. The van der Waals surface area contributed by atoms with E-state index in [4.69, 9.17) is 20.9 Å². The summed E-state index contributed by atoms with van der Waals surface area (Å²) >= 11 is 5.85. The third-order valence-corrected chi connectivity index (χ3v) is 4.61. The van der Waals surface area contributed by atoms with Gasteiger partial charge >= 0.3 is 12.0 Å². The molecule has 0 aliphatic carbocycles. The fourth-order valence-electron chi connectivity index (χ4n) is 2.77. The fourth-order valence-corrected chi connectivity index (χ4v) is 2.90. The summed E-state index contributed by atoms with van der Waals surface area (Å²) in [5.41, 5.74) is 3.22. The highest BCUT2D eigenvalue weighted by atomic mass is 35.5. The molecule has 3 rings (SSSR count). The number of ether oxygens (including phenoxy) is 1. The lowest BCUT2D eigenvalue weighted by Gasteiger charge is -2.10. The maximum Gasteiger partial charge on any atom is 0.325 e. The number of aryl methyl sites for hydroxylation is 3. The molecule has 166 valence electrons. The number of nitrogens with zero attached hydrogens (tertiary/aromatic N) is 2. The summed E-state index contributed by atoms with van der Waals surface area (Å²) in [4.78, 5) is 39.9. The van der Waals surface area contributed by atoms with Crippen LogP contribution in [0.5, 0.6) is 0 Å². The highest BCUT2D eigenvalue weighted by Gasteiger charge is 2.14. The highest BCUT2D eigenvalue weighted by Crippen LogP contribution is 2.19. The van der Waals surface area contributed by atoms with Gasteiger partial charge < -0.3 is 14.6 Å². The van der Waals surface area contributed by atoms with Gasteiger partial charge in [-0.15, -0.1) is 0 Å².